The Morgan fingerprint density at radius 1 is 1.10 bits per heavy atom. The number of Topliss-reactive ketones (excluding diaryl/α,β-unsaturated/α-hetero) is 1. The molecule has 2 fully saturated rings. The molecule has 2 aromatic rings. The van der Waals surface area contributed by atoms with Crippen molar-refractivity contribution in [2.75, 3.05) is 13.1 Å². The van der Waals surface area contributed by atoms with Crippen molar-refractivity contribution in [3.8, 4) is 0 Å². The lowest BCUT2D eigenvalue weighted by Crippen LogP contribution is -2.47. The Hall–Kier alpha value is -2.88. The Morgan fingerprint density at radius 2 is 1.72 bits per heavy atom. The van der Waals surface area contributed by atoms with Crippen LogP contribution in [0.3, 0.4) is 0 Å². The van der Waals surface area contributed by atoms with Crippen LogP contribution >= 0.6 is 0 Å². The number of ketones is 1. The van der Waals surface area contributed by atoms with Crippen LogP contribution in [0.4, 0.5) is 4.79 Å². The Morgan fingerprint density at radius 3 is 2.28 bits per heavy atom. The molecule has 0 spiro atoms. The van der Waals surface area contributed by atoms with Crippen LogP contribution in [0.2, 0.25) is 0 Å². The van der Waals surface area contributed by atoms with E-state index in [1.807, 2.05) is 0 Å². The number of amides is 1. The second-order valence-electron chi connectivity index (χ2n) is 8.35. The number of ether oxygens (including phenoxy) is 1. The maximum atomic E-state index is 12.9. The lowest BCUT2D eigenvalue weighted by molar-refractivity contribution is -0.126. The molecule has 4 heteroatoms. The number of nitrogens with zero attached hydrogens (tertiary/aromatic N) is 1. The number of fused-ring (bicyclic) bond motifs is 1. The van der Waals surface area contributed by atoms with Crippen LogP contribution in [0.5, 0.6) is 0 Å². The highest BCUT2D eigenvalue weighted by Crippen LogP contribution is 2.52. The molecule has 0 radical (unpaired) electrons. The van der Waals surface area contributed by atoms with E-state index >= 15 is 0 Å². The first-order valence-electron chi connectivity index (χ1n) is 10.2. The van der Waals surface area contributed by atoms with Gasteiger partial charge in [0.1, 0.15) is 5.78 Å². The lowest BCUT2D eigenvalue weighted by atomic mass is 9.56. The van der Waals surface area contributed by atoms with Crippen molar-refractivity contribution in [1.82, 2.24) is 4.90 Å². The minimum Gasteiger partial charge on any atom is -0.419 e. The molecule has 1 saturated heterocycles. The van der Waals surface area contributed by atoms with E-state index in [4.69, 9.17) is 4.74 Å². The number of carbonyl (C=O) groups is 2. The molecule has 1 heterocycles. The summed E-state index contributed by atoms with van der Waals surface area (Å²) in [7, 11) is 0. The lowest BCUT2D eigenvalue weighted by Gasteiger charge is -2.46. The van der Waals surface area contributed by atoms with Crippen LogP contribution < -0.4 is 0 Å². The van der Waals surface area contributed by atoms with E-state index in [-0.39, 0.29) is 23.0 Å². The second-order valence-corrected chi connectivity index (χ2v) is 8.35. The van der Waals surface area contributed by atoms with Crippen molar-refractivity contribution in [2.45, 2.75) is 32.1 Å². The summed E-state index contributed by atoms with van der Waals surface area (Å²) in [5.74, 6) is 0.0895. The predicted octanol–water partition coefficient (Wildman–Crippen LogP) is 4.78. The summed E-state index contributed by atoms with van der Waals surface area (Å²) in [4.78, 5) is 27.0. The molecule has 2 atom stereocenters. The smallest absolute Gasteiger partial charge is 0.414 e. The summed E-state index contributed by atoms with van der Waals surface area (Å²) in [6, 6.07) is 17.2. The first-order chi connectivity index (χ1) is 14.0. The molecule has 0 bridgehead atoms. The summed E-state index contributed by atoms with van der Waals surface area (Å²) in [5.41, 5.74) is 4.54. The second kappa shape index (κ2) is 7.51. The van der Waals surface area contributed by atoms with E-state index < -0.39 is 6.09 Å². The summed E-state index contributed by atoms with van der Waals surface area (Å²) < 4.78 is 5.02. The van der Waals surface area contributed by atoms with Gasteiger partial charge in [0.05, 0.1) is 6.26 Å². The number of hydrogen-bond donors (Lipinski definition) is 0. The van der Waals surface area contributed by atoms with E-state index in [1.165, 1.54) is 22.3 Å². The molecule has 4 rings (SSSR count). The van der Waals surface area contributed by atoms with E-state index in [9.17, 15) is 9.59 Å². The van der Waals surface area contributed by atoms with Crippen molar-refractivity contribution in [3.63, 3.8) is 0 Å². The zero-order valence-electron chi connectivity index (χ0n) is 17.1. The molecular formula is C25H27NO3. The molecule has 0 N–H and O–H groups in total. The molecule has 1 saturated carbocycles. The third-order valence-electron chi connectivity index (χ3n) is 6.64. The number of aryl methyl sites for hydroxylation is 2. The molecule has 2 aliphatic rings. The van der Waals surface area contributed by atoms with Crippen LogP contribution in [0.15, 0.2) is 61.4 Å². The number of benzene rings is 2. The van der Waals surface area contributed by atoms with Gasteiger partial charge >= 0.3 is 6.09 Å². The first-order valence-corrected chi connectivity index (χ1v) is 10.2. The van der Waals surface area contributed by atoms with E-state index in [0.29, 0.717) is 19.5 Å². The van der Waals surface area contributed by atoms with Crippen LogP contribution in [0.1, 0.15) is 35.1 Å². The minimum absolute atomic E-state index is 0.0183. The largest absolute Gasteiger partial charge is 0.419 e. The van der Waals surface area contributed by atoms with Gasteiger partial charge in [-0.2, -0.15) is 0 Å². The topological polar surface area (TPSA) is 46.6 Å². The van der Waals surface area contributed by atoms with Gasteiger partial charge in [0.2, 0.25) is 0 Å². The van der Waals surface area contributed by atoms with Crippen LogP contribution in [0, 0.1) is 25.7 Å². The molecule has 0 aromatic heterocycles. The molecule has 1 amide bonds. The average molecular weight is 389 g/mol. The number of likely N-dealkylation sites (tertiary alicyclic amines) is 1. The number of carbonyl (C=O) groups excluding carboxylic acids is 2. The first kappa shape index (κ1) is 19.4. The van der Waals surface area contributed by atoms with E-state index in [1.54, 1.807) is 4.90 Å². The number of rotatable bonds is 3. The summed E-state index contributed by atoms with van der Waals surface area (Å²) in [5, 5.41) is 0. The third-order valence-corrected chi connectivity index (χ3v) is 6.64. The van der Waals surface area contributed by atoms with Crippen molar-refractivity contribution in [3.05, 3.63) is 83.6 Å². The van der Waals surface area contributed by atoms with Crippen molar-refractivity contribution in [2.24, 2.45) is 11.8 Å². The fourth-order valence-electron chi connectivity index (χ4n) is 5.34. The quantitative estimate of drug-likeness (QED) is 0.710. The third kappa shape index (κ3) is 3.27. The van der Waals surface area contributed by atoms with Crippen molar-refractivity contribution in [1.29, 1.82) is 0 Å². The van der Waals surface area contributed by atoms with Gasteiger partial charge in [0.25, 0.3) is 0 Å². The van der Waals surface area contributed by atoms with Crippen LogP contribution in [-0.2, 0) is 14.9 Å². The molecule has 4 nitrogen and oxygen atoms in total. The molecule has 2 aromatic carbocycles. The van der Waals surface area contributed by atoms with E-state index in [2.05, 4.69) is 69.0 Å². The zero-order valence-corrected chi connectivity index (χ0v) is 17.1. The highest BCUT2D eigenvalue weighted by Gasteiger charge is 2.55. The van der Waals surface area contributed by atoms with Gasteiger partial charge in [-0.25, -0.2) is 4.79 Å². The Bertz CT molecular complexity index is 919. The van der Waals surface area contributed by atoms with Gasteiger partial charge in [-0.05, 0) is 31.4 Å². The maximum absolute atomic E-state index is 12.9. The van der Waals surface area contributed by atoms with Gasteiger partial charge in [0, 0.05) is 36.8 Å². The fourth-order valence-corrected chi connectivity index (χ4v) is 5.34. The Labute approximate surface area is 172 Å². The minimum atomic E-state index is -0.426. The van der Waals surface area contributed by atoms with Gasteiger partial charge < -0.3 is 9.64 Å². The maximum Gasteiger partial charge on any atom is 0.414 e. The summed E-state index contributed by atoms with van der Waals surface area (Å²) >= 11 is 0. The monoisotopic (exact) mass is 389 g/mol. The highest BCUT2D eigenvalue weighted by molar-refractivity contribution is 5.85. The van der Waals surface area contributed by atoms with Gasteiger partial charge in [-0.1, -0.05) is 66.2 Å². The summed E-state index contributed by atoms with van der Waals surface area (Å²) in [6.07, 6.45) is 2.00. The molecule has 29 heavy (non-hydrogen) atoms. The summed E-state index contributed by atoms with van der Waals surface area (Å²) in [6.45, 7) is 8.60. The molecule has 1 aliphatic carbocycles. The number of hydrogen-bond acceptors (Lipinski definition) is 3. The van der Waals surface area contributed by atoms with Crippen molar-refractivity contribution < 1.29 is 14.3 Å². The average Bonchev–Trinajstić information content (AvgIpc) is 3.16. The fraction of sp³-hybridized carbons (Fsp3) is 0.360. The predicted molar refractivity (Wildman–Crippen MR) is 113 cm³/mol. The SMILES string of the molecule is C=COC(=O)N1CC2C(=O)CCC(c3cccc(C)c3)(c3cccc(C)c3)C2C1. The molecule has 1 aliphatic heterocycles. The normalized spacial score (nSPS) is 22.8. The zero-order chi connectivity index (χ0) is 20.6. The van der Waals surface area contributed by atoms with Gasteiger partial charge in [0.15, 0.2) is 0 Å². The molecular weight excluding hydrogens is 362 g/mol. The van der Waals surface area contributed by atoms with Crippen LogP contribution in [0.25, 0.3) is 0 Å². The standard InChI is InChI=1S/C25H27NO3/c1-4-29-24(28)26-15-21-22(16-26)25(12-11-23(21)27,19-9-5-7-17(2)13-19)20-10-6-8-18(3)14-20/h4-10,13-14,21-22H,1,11-12,15-16H2,2-3H3. The van der Waals surface area contributed by atoms with Crippen molar-refractivity contribution >= 4 is 11.9 Å². The molecule has 2 unspecified atom stereocenters. The highest BCUT2D eigenvalue weighted by atomic mass is 16.5. The Balaban J connectivity index is 1.87. The molecule has 150 valence electrons. The Kier molecular flexibility index (Phi) is 5.03. The van der Waals surface area contributed by atoms with Gasteiger partial charge in [-0.3, -0.25) is 4.79 Å². The van der Waals surface area contributed by atoms with Gasteiger partial charge in [-0.15, -0.1) is 0 Å². The van der Waals surface area contributed by atoms with E-state index in [0.717, 1.165) is 12.7 Å². The van der Waals surface area contributed by atoms with Crippen LogP contribution in [-0.4, -0.2) is 29.9 Å².